The minimum Gasteiger partial charge on any atom is -0.478 e. The third-order valence-corrected chi connectivity index (χ3v) is 4.91. The van der Waals surface area contributed by atoms with Gasteiger partial charge in [-0.15, -0.1) is 22.7 Å². The minimum absolute atomic E-state index is 0.240. The maximum Gasteiger partial charge on any atom is 0.336 e. The number of aromatic nitrogens is 1. The number of hydrogen-bond donors (Lipinski definition) is 1. The van der Waals surface area contributed by atoms with Crippen molar-refractivity contribution in [1.29, 1.82) is 0 Å². The lowest BCUT2D eigenvalue weighted by molar-refractivity contribution is 0.0697. The van der Waals surface area contributed by atoms with Gasteiger partial charge < -0.3 is 5.11 Å². The smallest absolute Gasteiger partial charge is 0.336 e. The number of rotatable bonds is 3. The van der Waals surface area contributed by atoms with Crippen molar-refractivity contribution >= 4 is 40.2 Å². The molecule has 0 radical (unpaired) electrons. The number of carboxylic acids is 1. The molecule has 1 N–H and O–H groups in total. The zero-order chi connectivity index (χ0) is 15.0. The Morgan fingerprint density at radius 1 is 1.24 bits per heavy atom. The second-order valence-electron chi connectivity index (χ2n) is 4.17. The number of carboxylic acid groups (broad SMARTS) is 1. The SMILES string of the molecule is O=C(O)c1csc(-c2csc(-c3ccc(F)cc3Cl)n2)c1. The highest BCUT2D eigenvalue weighted by atomic mass is 35.5. The van der Waals surface area contributed by atoms with Crippen LogP contribution in [0.3, 0.4) is 0 Å². The monoisotopic (exact) mass is 339 g/mol. The van der Waals surface area contributed by atoms with E-state index in [4.69, 9.17) is 16.7 Å². The highest BCUT2D eigenvalue weighted by molar-refractivity contribution is 7.15. The van der Waals surface area contributed by atoms with E-state index in [2.05, 4.69) is 4.98 Å². The summed E-state index contributed by atoms with van der Waals surface area (Å²) in [6, 6.07) is 5.73. The van der Waals surface area contributed by atoms with Gasteiger partial charge in [-0.1, -0.05) is 11.6 Å². The molecule has 0 saturated heterocycles. The van der Waals surface area contributed by atoms with Gasteiger partial charge in [-0.05, 0) is 24.3 Å². The van der Waals surface area contributed by atoms with Crippen LogP contribution in [0.5, 0.6) is 0 Å². The van der Waals surface area contributed by atoms with Gasteiger partial charge in [0.05, 0.1) is 21.2 Å². The van der Waals surface area contributed by atoms with Crippen molar-refractivity contribution in [2.45, 2.75) is 0 Å². The lowest BCUT2D eigenvalue weighted by atomic mass is 10.2. The van der Waals surface area contributed by atoms with Crippen molar-refractivity contribution in [3.63, 3.8) is 0 Å². The molecular weight excluding hydrogens is 333 g/mol. The first-order valence-corrected chi connectivity index (χ1v) is 7.91. The van der Waals surface area contributed by atoms with Gasteiger partial charge in [-0.3, -0.25) is 0 Å². The van der Waals surface area contributed by atoms with Crippen molar-refractivity contribution in [3.8, 4) is 21.1 Å². The molecule has 21 heavy (non-hydrogen) atoms. The molecule has 3 rings (SSSR count). The maximum absolute atomic E-state index is 13.1. The molecule has 106 valence electrons. The van der Waals surface area contributed by atoms with E-state index in [1.165, 1.54) is 34.8 Å². The predicted molar refractivity (Wildman–Crippen MR) is 82.8 cm³/mol. The summed E-state index contributed by atoms with van der Waals surface area (Å²) in [7, 11) is 0. The van der Waals surface area contributed by atoms with Crippen molar-refractivity contribution in [2.75, 3.05) is 0 Å². The Bertz CT molecular complexity index is 828. The number of halogens is 2. The second kappa shape index (κ2) is 5.55. The third kappa shape index (κ3) is 2.83. The number of nitrogens with zero attached hydrogens (tertiary/aromatic N) is 1. The van der Waals surface area contributed by atoms with Crippen LogP contribution in [0.2, 0.25) is 5.02 Å². The maximum atomic E-state index is 13.1. The molecule has 1 aromatic carbocycles. The summed E-state index contributed by atoms with van der Waals surface area (Å²) in [5, 5.41) is 13.3. The Morgan fingerprint density at radius 2 is 2.05 bits per heavy atom. The van der Waals surface area contributed by atoms with Crippen molar-refractivity contribution in [2.24, 2.45) is 0 Å². The Hall–Kier alpha value is -1.76. The molecule has 0 aliphatic rings. The van der Waals surface area contributed by atoms with Gasteiger partial charge in [0.25, 0.3) is 0 Å². The Labute approximate surface area is 132 Å². The van der Waals surface area contributed by atoms with Crippen LogP contribution in [0.4, 0.5) is 4.39 Å². The normalized spacial score (nSPS) is 10.8. The van der Waals surface area contributed by atoms with E-state index in [0.717, 1.165) is 4.88 Å². The fourth-order valence-corrected chi connectivity index (χ4v) is 3.85. The number of benzene rings is 1. The van der Waals surface area contributed by atoms with E-state index in [1.54, 1.807) is 17.5 Å². The number of carbonyl (C=O) groups is 1. The van der Waals surface area contributed by atoms with Gasteiger partial charge >= 0.3 is 5.97 Å². The van der Waals surface area contributed by atoms with Crippen LogP contribution in [0, 0.1) is 5.82 Å². The van der Waals surface area contributed by atoms with Gasteiger partial charge in [0.15, 0.2) is 0 Å². The molecule has 0 saturated carbocycles. The summed E-state index contributed by atoms with van der Waals surface area (Å²) in [6.45, 7) is 0. The quantitative estimate of drug-likeness (QED) is 0.728. The van der Waals surface area contributed by atoms with Gasteiger partial charge in [0.2, 0.25) is 0 Å². The van der Waals surface area contributed by atoms with Crippen LogP contribution in [-0.4, -0.2) is 16.1 Å². The van der Waals surface area contributed by atoms with Gasteiger partial charge in [0, 0.05) is 16.3 Å². The third-order valence-electron chi connectivity index (χ3n) is 2.76. The molecule has 0 fully saturated rings. The molecular formula is C14H7ClFNO2S2. The Balaban J connectivity index is 1.97. The number of thiazole rings is 1. The summed E-state index contributed by atoms with van der Waals surface area (Å²) < 4.78 is 13.1. The van der Waals surface area contributed by atoms with Crippen molar-refractivity contribution in [1.82, 2.24) is 4.98 Å². The van der Waals surface area contributed by atoms with E-state index >= 15 is 0 Å². The molecule has 0 aliphatic carbocycles. The zero-order valence-electron chi connectivity index (χ0n) is 10.3. The topological polar surface area (TPSA) is 50.2 Å². The minimum atomic E-state index is -0.963. The van der Waals surface area contributed by atoms with Crippen LogP contribution >= 0.6 is 34.3 Å². The molecule has 0 bridgehead atoms. The first-order valence-electron chi connectivity index (χ1n) is 5.78. The summed E-state index contributed by atoms with van der Waals surface area (Å²) >= 11 is 8.71. The molecule has 3 nitrogen and oxygen atoms in total. The van der Waals surface area contributed by atoms with Crippen molar-refractivity contribution < 1.29 is 14.3 Å². The van der Waals surface area contributed by atoms with Gasteiger partial charge in [-0.2, -0.15) is 0 Å². The van der Waals surface area contributed by atoms with Crippen LogP contribution < -0.4 is 0 Å². The summed E-state index contributed by atoms with van der Waals surface area (Å²) in [4.78, 5) is 16.1. The van der Waals surface area contributed by atoms with Crippen LogP contribution in [0.15, 0.2) is 35.0 Å². The highest BCUT2D eigenvalue weighted by Crippen LogP contribution is 2.35. The van der Waals surface area contributed by atoms with Gasteiger partial charge in [-0.25, -0.2) is 14.2 Å². The van der Waals surface area contributed by atoms with Gasteiger partial charge in [0.1, 0.15) is 10.8 Å². The molecule has 2 heterocycles. The fraction of sp³-hybridized carbons (Fsp3) is 0. The van der Waals surface area contributed by atoms with E-state index in [1.807, 2.05) is 5.38 Å². The van der Waals surface area contributed by atoms with Crippen LogP contribution in [0.1, 0.15) is 10.4 Å². The predicted octanol–water partition coefficient (Wildman–Crippen LogP) is 5.03. The van der Waals surface area contributed by atoms with E-state index in [0.29, 0.717) is 21.3 Å². The highest BCUT2D eigenvalue weighted by Gasteiger charge is 2.13. The standard InChI is InChI=1S/C14H7ClFNO2S2/c15-10-4-8(16)1-2-9(10)13-17-11(6-21-13)12-3-7(5-20-12)14(18)19/h1-6H,(H,18,19). The Kier molecular flexibility index (Phi) is 3.75. The molecule has 7 heteroatoms. The average Bonchev–Trinajstić information content (AvgIpc) is 3.07. The lowest BCUT2D eigenvalue weighted by Gasteiger charge is -1.99. The molecule has 0 spiro atoms. The van der Waals surface area contributed by atoms with Crippen LogP contribution in [-0.2, 0) is 0 Å². The fourth-order valence-electron chi connectivity index (χ4n) is 1.76. The number of aromatic carboxylic acids is 1. The van der Waals surface area contributed by atoms with E-state index in [-0.39, 0.29) is 5.56 Å². The molecule has 2 aromatic heterocycles. The first kappa shape index (κ1) is 14.2. The average molecular weight is 340 g/mol. The van der Waals surface area contributed by atoms with Crippen molar-refractivity contribution in [3.05, 3.63) is 51.4 Å². The summed E-state index contributed by atoms with van der Waals surface area (Å²) in [6.07, 6.45) is 0. The summed E-state index contributed by atoms with van der Waals surface area (Å²) in [5.74, 6) is -1.36. The number of hydrogen-bond acceptors (Lipinski definition) is 4. The van der Waals surface area contributed by atoms with E-state index < -0.39 is 11.8 Å². The molecule has 0 aliphatic heterocycles. The molecule has 0 atom stereocenters. The molecule has 0 unspecified atom stereocenters. The summed E-state index contributed by atoms with van der Waals surface area (Å²) in [5.41, 5.74) is 1.58. The first-order chi connectivity index (χ1) is 10.0. The Morgan fingerprint density at radius 3 is 2.71 bits per heavy atom. The largest absolute Gasteiger partial charge is 0.478 e. The number of thiophene rings is 1. The van der Waals surface area contributed by atoms with Crippen LogP contribution in [0.25, 0.3) is 21.1 Å². The molecule has 3 aromatic rings. The molecule has 0 amide bonds. The lowest BCUT2D eigenvalue weighted by Crippen LogP contribution is -1.91. The zero-order valence-corrected chi connectivity index (χ0v) is 12.7. The second-order valence-corrected chi connectivity index (χ2v) is 6.34. The van der Waals surface area contributed by atoms with E-state index in [9.17, 15) is 9.18 Å².